The summed E-state index contributed by atoms with van der Waals surface area (Å²) in [5.74, 6) is 1.03. The van der Waals surface area contributed by atoms with Gasteiger partial charge in [0.2, 0.25) is 0 Å². The summed E-state index contributed by atoms with van der Waals surface area (Å²) in [7, 11) is 0. The minimum Gasteiger partial charge on any atom is -0.402 e. The highest BCUT2D eigenvalue weighted by atomic mass is 16.1. The number of carbonyl (C=O) groups excluding carboxylic acids is 1. The Bertz CT molecular complexity index is 196. The number of rotatable bonds is 0. The van der Waals surface area contributed by atoms with E-state index in [0.29, 0.717) is 18.3 Å². The van der Waals surface area contributed by atoms with Gasteiger partial charge in [0.25, 0.3) is 0 Å². The van der Waals surface area contributed by atoms with Crippen LogP contribution in [-0.4, -0.2) is 5.78 Å². The summed E-state index contributed by atoms with van der Waals surface area (Å²) in [4.78, 5) is 11.1. The summed E-state index contributed by atoms with van der Waals surface area (Å²) in [5, 5.41) is 0. The van der Waals surface area contributed by atoms with Crippen molar-refractivity contribution in [1.82, 2.24) is 0 Å². The third-order valence-electron chi connectivity index (χ3n) is 2.20. The minimum atomic E-state index is 0.180. The molecule has 0 aromatic heterocycles. The lowest BCUT2D eigenvalue weighted by atomic mass is 9.95. The van der Waals surface area contributed by atoms with Gasteiger partial charge in [0.1, 0.15) is 0 Å². The highest BCUT2D eigenvalue weighted by molar-refractivity contribution is 5.90. The largest absolute Gasteiger partial charge is 0.402 e. The van der Waals surface area contributed by atoms with E-state index in [1.807, 2.05) is 0 Å². The molecule has 2 heteroatoms. The van der Waals surface area contributed by atoms with Crippen LogP contribution in [0.2, 0.25) is 0 Å². The second kappa shape index (κ2) is 3.07. The molecule has 11 heavy (non-hydrogen) atoms. The molecule has 2 N–H and O–H groups in total. The predicted molar refractivity (Wildman–Crippen MR) is 44.8 cm³/mol. The summed E-state index contributed by atoms with van der Waals surface area (Å²) in [6.45, 7) is 4.17. The van der Waals surface area contributed by atoms with Gasteiger partial charge in [-0.25, -0.2) is 0 Å². The maximum atomic E-state index is 11.1. The smallest absolute Gasteiger partial charge is 0.157 e. The fourth-order valence-electron chi connectivity index (χ4n) is 1.55. The Hall–Kier alpha value is -0.790. The molecular formula is C9H15NO. The molecule has 0 bridgehead atoms. The van der Waals surface area contributed by atoms with E-state index in [2.05, 4.69) is 13.8 Å². The second-order valence-electron chi connectivity index (χ2n) is 3.56. The number of ketones is 1. The molecule has 1 aliphatic rings. The first kappa shape index (κ1) is 8.31. The van der Waals surface area contributed by atoms with Crippen LogP contribution in [0, 0.1) is 11.8 Å². The number of nitrogens with two attached hydrogens (primary N) is 1. The normalized spacial score (nSPS) is 32.9. The fraction of sp³-hybridized carbons (Fsp3) is 0.667. The van der Waals surface area contributed by atoms with Gasteiger partial charge in [0.15, 0.2) is 5.78 Å². The van der Waals surface area contributed by atoms with Crippen LogP contribution in [0.25, 0.3) is 0 Å². The van der Waals surface area contributed by atoms with E-state index in [1.165, 1.54) is 0 Å². The lowest BCUT2D eigenvalue weighted by Gasteiger charge is -2.11. The van der Waals surface area contributed by atoms with Crippen LogP contribution in [-0.2, 0) is 4.79 Å². The first-order chi connectivity index (χ1) is 5.09. The standard InChI is InChI=1S/C9H15NO/c1-6-3-7(2)9(10)5-8(11)4-6/h5-7H,3-4,10H2,1-2H3. The van der Waals surface area contributed by atoms with Crippen molar-refractivity contribution in [3.63, 3.8) is 0 Å². The zero-order valence-electron chi connectivity index (χ0n) is 7.13. The Morgan fingerprint density at radius 1 is 1.55 bits per heavy atom. The van der Waals surface area contributed by atoms with Gasteiger partial charge >= 0.3 is 0 Å². The maximum Gasteiger partial charge on any atom is 0.157 e. The van der Waals surface area contributed by atoms with Crippen molar-refractivity contribution in [1.29, 1.82) is 0 Å². The fourth-order valence-corrected chi connectivity index (χ4v) is 1.55. The molecule has 2 unspecified atom stereocenters. The Labute approximate surface area is 67.5 Å². The molecule has 0 spiro atoms. The van der Waals surface area contributed by atoms with Gasteiger partial charge in [-0.1, -0.05) is 13.8 Å². The first-order valence-corrected chi connectivity index (χ1v) is 4.09. The van der Waals surface area contributed by atoms with Gasteiger partial charge in [0.05, 0.1) is 0 Å². The van der Waals surface area contributed by atoms with E-state index in [0.717, 1.165) is 12.1 Å². The van der Waals surface area contributed by atoms with Gasteiger partial charge in [0, 0.05) is 18.2 Å². The van der Waals surface area contributed by atoms with Crippen LogP contribution in [0.5, 0.6) is 0 Å². The van der Waals surface area contributed by atoms with E-state index in [-0.39, 0.29) is 5.78 Å². The van der Waals surface area contributed by atoms with Crippen molar-refractivity contribution < 1.29 is 4.79 Å². The van der Waals surface area contributed by atoms with Crippen LogP contribution < -0.4 is 5.73 Å². The predicted octanol–water partition coefficient (Wildman–Crippen LogP) is 1.46. The average Bonchev–Trinajstić information content (AvgIpc) is 1.93. The molecule has 0 radical (unpaired) electrons. The van der Waals surface area contributed by atoms with Gasteiger partial charge in [-0.05, 0) is 18.3 Å². The van der Waals surface area contributed by atoms with E-state index >= 15 is 0 Å². The highest BCUT2D eigenvalue weighted by Gasteiger charge is 2.18. The van der Waals surface area contributed by atoms with Gasteiger partial charge in [-0.3, -0.25) is 4.79 Å². The zero-order valence-corrected chi connectivity index (χ0v) is 7.13. The molecule has 0 saturated carbocycles. The first-order valence-electron chi connectivity index (χ1n) is 4.09. The molecule has 62 valence electrons. The van der Waals surface area contributed by atoms with Crippen molar-refractivity contribution in [2.75, 3.05) is 0 Å². The van der Waals surface area contributed by atoms with E-state index < -0.39 is 0 Å². The molecule has 2 atom stereocenters. The zero-order chi connectivity index (χ0) is 8.43. The Kier molecular flexibility index (Phi) is 2.32. The van der Waals surface area contributed by atoms with Gasteiger partial charge < -0.3 is 5.73 Å². The number of hydrogen-bond acceptors (Lipinski definition) is 2. The lowest BCUT2D eigenvalue weighted by Crippen LogP contribution is -2.09. The van der Waals surface area contributed by atoms with E-state index in [9.17, 15) is 4.79 Å². The number of carbonyl (C=O) groups is 1. The highest BCUT2D eigenvalue weighted by Crippen LogP contribution is 2.23. The van der Waals surface area contributed by atoms with E-state index in [1.54, 1.807) is 6.08 Å². The van der Waals surface area contributed by atoms with Crippen molar-refractivity contribution in [3.05, 3.63) is 11.8 Å². The molecule has 0 amide bonds. The number of hydrogen-bond donors (Lipinski definition) is 1. The average molecular weight is 153 g/mol. The summed E-state index contributed by atoms with van der Waals surface area (Å²) in [6.07, 6.45) is 3.28. The lowest BCUT2D eigenvalue weighted by molar-refractivity contribution is -0.115. The Morgan fingerprint density at radius 3 is 2.82 bits per heavy atom. The summed E-state index contributed by atoms with van der Waals surface area (Å²) >= 11 is 0. The quantitative estimate of drug-likeness (QED) is 0.572. The molecule has 1 aliphatic carbocycles. The monoisotopic (exact) mass is 153 g/mol. The van der Waals surface area contributed by atoms with Crippen molar-refractivity contribution >= 4 is 5.78 Å². The van der Waals surface area contributed by atoms with Crippen LogP contribution >= 0.6 is 0 Å². The molecular weight excluding hydrogens is 138 g/mol. The third kappa shape index (κ3) is 2.07. The Balaban J connectivity index is 2.75. The minimum absolute atomic E-state index is 0.180. The van der Waals surface area contributed by atoms with Crippen molar-refractivity contribution in [3.8, 4) is 0 Å². The van der Waals surface area contributed by atoms with Crippen LogP contribution in [0.15, 0.2) is 11.8 Å². The summed E-state index contributed by atoms with van der Waals surface area (Å²) < 4.78 is 0. The molecule has 0 aromatic rings. The van der Waals surface area contributed by atoms with Crippen LogP contribution in [0.4, 0.5) is 0 Å². The molecule has 0 fully saturated rings. The Morgan fingerprint density at radius 2 is 2.18 bits per heavy atom. The molecule has 0 aromatic carbocycles. The third-order valence-corrected chi connectivity index (χ3v) is 2.20. The second-order valence-corrected chi connectivity index (χ2v) is 3.56. The van der Waals surface area contributed by atoms with Crippen LogP contribution in [0.1, 0.15) is 26.7 Å². The van der Waals surface area contributed by atoms with E-state index in [4.69, 9.17) is 5.73 Å². The van der Waals surface area contributed by atoms with Crippen molar-refractivity contribution in [2.24, 2.45) is 17.6 Å². The summed E-state index contributed by atoms with van der Waals surface area (Å²) in [5.41, 5.74) is 6.42. The van der Waals surface area contributed by atoms with Crippen molar-refractivity contribution in [2.45, 2.75) is 26.7 Å². The molecule has 0 saturated heterocycles. The molecule has 0 heterocycles. The van der Waals surface area contributed by atoms with Gasteiger partial charge in [-0.15, -0.1) is 0 Å². The molecule has 0 aliphatic heterocycles. The SMILES string of the molecule is CC1CC(=O)C=C(N)C(C)C1. The number of allylic oxidation sites excluding steroid dienone is 2. The maximum absolute atomic E-state index is 11.1. The van der Waals surface area contributed by atoms with Gasteiger partial charge in [-0.2, -0.15) is 0 Å². The molecule has 2 nitrogen and oxygen atoms in total. The topological polar surface area (TPSA) is 43.1 Å². The van der Waals surface area contributed by atoms with Crippen LogP contribution in [0.3, 0.4) is 0 Å². The molecule has 1 rings (SSSR count). The summed E-state index contributed by atoms with van der Waals surface area (Å²) in [6, 6.07) is 0.